The summed E-state index contributed by atoms with van der Waals surface area (Å²) < 4.78 is 9.03. The van der Waals surface area contributed by atoms with Gasteiger partial charge in [-0.15, -0.1) is 0 Å². The molecule has 0 aliphatic carbocycles. The van der Waals surface area contributed by atoms with Crippen LogP contribution in [0.1, 0.15) is 28.9 Å². The van der Waals surface area contributed by atoms with E-state index in [0.717, 1.165) is 22.5 Å². The van der Waals surface area contributed by atoms with Crippen molar-refractivity contribution in [2.45, 2.75) is 38.9 Å². The Hall–Kier alpha value is -3.19. The smallest absolute Gasteiger partial charge is 0.270 e. The zero-order valence-corrected chi connectivity index (χ0v) is 17.9. The molecule has 7 heteroatoms. The molecule has 1 aromatic carbocycles. The van der Waals surface area contributed by atoms with Crippen LogP contribution in [-0.2, 0) is 42.0 Å². The number of nitrogens with zero attached hydrogens (tertiary/aromatic N) is 4. The van der Waals surface area contributed by atoms with E-state index in [1.54, 1.807) is 18.0 Å². The lowest BCUT2D eigenvalue weighted by atomic mass is 10.1. The van der Waals surface area contributed by atoms with Crippen LogP contribution in [0.3, 0.4) is 0 Å². The van der Waals surface area contributed by atoms with Crippen molar-refractivity contribution in [2.24, 2.45) is 0 Å². The molecule has 0 saturated heterocycles. The number of carbonyl (C=O) groups is 1. The Morgan fingerprint density at radius 3 is 2.65 bits per heavy atom. The highest BCUT2D eigenvalue weighted by Gasteiger charge is 2.28. The van der Waals surface area contributed by atoms with Gasteiger partial charge in [-0.2, -0.15) is 0 Å². The van der Waals surface area contributed by atoms with Crippen molar-refractivity contribution in [3.63, 3.8) is 0 Å². The standard InChI is InChI=1S/C24H28N4O3/c1-31-16-15-27-24(30)21-12-14-26(23(29)11-10-20-9-5-6-13-25-20)18-22(21)28(27)17-19-7-3-2-4-8-19/h2-9,13H,10-12,14-18H2,1H3. The molecule has 0 spiro atoms. The summed E-state index contributed by atoms with van der Waals surface area (Å²) >= 11 is 0. The zero-order valence-electron chi connectivity index (χ0n) is 17.9. The van der Waals surface area contributed by atoms with Crippen molar-refractivity contribution >= 4 is 5.91 Å². The van der Waals surface area contributed by atoms with Crippen LogP contribution >= 0.6 is 0 Å². The normalized spacial score (nSPS) is 13.3. The van der Waals surface area contributed by atoms with E-state index in [0.29, 0.717) is 52.0 Å². The molecular formula is C24H28N4O3. The molecule has 1 aliphatic rings. The van der Waals surface area contributed by atoms with E-state index in [1.165, 1.54) is 0 Å². The molecule has 31 heavy (non-hydrogen) atoms. The number of fused-ring (bicyclic) bond motifs is 1. The fourth-order valence-corrected chi connectivity index (χ4v) is 4.11. The number of aromatic nitrogens is 3. The molecule has 0 atom stereocenters. The van der Waals surface area contributed by atoms with Crippen molar-refractivity contribution < 1.29 is 9.53 Å². The second kappa shape index (κ2) is 9.75. The minimum Gasteiger partial charge on any atom is -0.383 e. The van der Waals surface area contributed by atoms with E-state index >= 15 is 0 Å². The Kier molecular flexibility index (Phi) is 6.62. The molecule has 1 amide bonds. The van der Waals surface area contributed by atoms with Crippen LogP contribution in [0.25, 0.3) is 0 Å². The maximum Gasteiger partial charge on any atom is 0.270 e. The van der Waals surface area contributed by atoms with Crippen molar-refractivity contribution in [2.75, 3.05) is 20.3 Å². The van der Waals surface area contributed by atoms with E-state index in [9.17, 15) is 9.59 Å². The van der Waals surface area contributed by atoms with Crippen molar-refractivity contribution in [3.8, 4) is 0 Å². The minimum absolute atomic E-state index is 0.0311. The van der Waals surface area contributed by atoms with Gasteiger partial charge < -0.3 is 9.64 Å². The SMILES string of the molecule is COCCn1c(=O)c2c(n1Cc1ccccc1)CN(C(=O)CCc1ccccn1)CC2. The third-order valence-electron chi connectivity index (χ3n) is 5.77. The van der Waals surface area contributed by atoms with Crippen LogP contribution in [0, 0.1) is 0 Å². The molecule has 0 saturated carbocycles. The second-order valence-electron chi connectivity index (χ2n) is 7.78. The van der Waals surface area contributed by atoms with Crippen LogP contribution < -0.4 is 5.56 Å². The molecule has 0 unspecified atom stereocenters. The first-order valence-corrected chi connectivity index (χ1v) is 10.7. The number of ether oxygens (including phenoxy) is 1. The zero-order chi connectivity index (χ0) is 21.6. The van der Waals surface area contributed by atoms with Gasteiger partial charge in [0.05, 0.1) is 31.9 Å². The highest BCUT2D eigenvalue weighted by molar-refractivity contribution is 5.76. The van der Waals surface area contributed by atoms with Gasteiger partial charge in [-0.25, -0.2) is 4.68 Å². The molecule has 4 rings (SSSR count). The topological polar surface area (TPSA) is 69.4 Å². The molecular weight excluding hydrogens is 392 g/mol. The van der Waals surface area contributed by atoms with Gasteiger partial charge in [0.2, 0.25) is 5.91 Å². The lowest BCUT2D eigenvalue weighted by Gasteiger charge is -2.28. The molecule has 3 aromatic rings. The summed E-state index contributed by atoms with van der Waals surface area (Å²) in [6.07, 6.45) is 3.37. The number of carbonyl (C=O) groups excluding carboxylic acids is 1. The minimum atomic E-state index is 0.0311. The van der Waals surface area contributed by atoms with Crippen molar-refractivity contribution in [3.05, 3.63) is 87.6 Å². The van der Waals surface area contributed by atoms with Crippen molar-refractivity contribution in [1.29, 1.82) is 0 Å². The summed E-state index contributed by atoms with van der Waals surface area (Å²) in [6, 6.07) is 15.8. The van der Waals surface area contributed by atoms with E-state index in [-0.39, 0.29) is 11.5 Å². The van der Waals surface area contributed by atoms with Gasteiger partial charge in [-0.1, -0.05) is 36.4 Å². The average molecular weight is 421 g/mol. The second-order valence-corrected chi connectivity index (χ2v) is 7.78. The highest BCUT2D eigenvalue weighted by atomic mass is 16.5. The molecule has 7 nitrogen and oxygen atoms in total. The van der Waals surface area contributed by atoms with Crippen LogP contribution in [-0.4, -0.2) is 45.4 Å². The van der Waals surface area contributed by atoms with Gasteiger partial charge in [-0.05, 0) is 30.5 Å². The summed E-state index contributed by atoms with van der Waals surface area (Å²) in [5.41, 5.74) is 3.82. The molecule has 162 valence electrons. The Labute approximate surface area is 181 Å². The first kappa shape index (κ1) is 21.1. The lowest BCUT2D eigenvalue weighted by Crippen LogP contribution is -2.37. The predicted molar refractivity (Wildman–Crippen MR) is 118 cm³/mol. The predicted octanol–water partition coefficient (Wildman–Crippen LogP) is 2.26. The van der Waals surface area contributed by atoms with Crippen LogP contribution in [0.5, 0.6) is 0 Å². The number of methoxy groups -OCH3 is 1. The number of amides is 1. The fraction of sp³-hybridized carbons (Fsp3) is 0.375. The van der Waals surface area contributed by atoms with E-state index in [1.807, 2.05) is 46.0 Å². The van der Waals surface area contributed by atoms with Crippen molar-refractivity contribution in [1.82, 2.24) is 19.2 Å². The van der Waals surface area contributed by atoms with E-state index in [4.69, 9.17) is 4.74 Å². The highest BCUT2D eigenvalue weighted by Crippen LogP contribution is 2.20. The van der Waals surface area contributed by atoms with Crippen LogP contribution in [0.2, 0.25) is 0 Å². The summed E-state index contributed by atoms with van der Waals surface area (Å²) in [6.45, 7) is 2.57. The molecule has 0 bridgehead atoms. The average Bonchev–Trinajstić information content (AvgIpc) is 3.07. The fourth-order valence-electron chi connectivity index (χ4n) is 4.11. The van der Waals surface area contributed by atoms with Gasteiger partial charge in [0, 0.05) is 37.5 Å². The molecule has 0 fully saturated rings. The Morgan fingerprint density at radius 1 is 1.10 bits per heavy atom. The Balaban J connectivity index is 1.56. The molecule has 1 aliphatic heterocycles. The summed E-state index contributed by atoms with van der Waals surface area (Å²) in [5.74, 6) is 0.0969. The van der Waals surface area contributed by atoms with Gasteiger partial charge in [0.25, 0.3) is 5.56 Å². The Bertz CT molecular complexity index is 1070. The maximum atomic E-state index is 13.1. The number of aryl methyl sites for hydroxylation is 1. The van der Waals surface area contributed by atoms with Gasteiger partial charge in [-0.3, -0.25) is 19.3 Å². The molecule has 0 radical (unpaired) electrons. The third-order valence-corrected chi connectivity index (χ3v) is 5.77. The molecule has 0 N–H and O–H groups in total. The number of rotatable bonds is 8. The summed E-state index contributed by atoms with van der Waals surface area (Å²) in [7, 11) is 1.64. The monoisotopic (exact) mass is 420 g/mol. The maximum absolute atomic E-state index is 13.1. The largest absolute Gasteiger partial charge is 0.383 e. The summed E-state index contributed by atoms with van der Waals surface area (Å²) in [4.78, 5) is 32.2. The first-order valence-electron chi connectivity index (χ1n) is 10.7. The number of hydrogen-bond acceptors (Lipinski definition) is 4. The number of pyridine rings is 1. The third kappa shape index (κ3) is 4.77. The van der Waals surface area contributed by atoms with Gasteiger partial charge in [0.15, 0.2) is 0 Å². The number of hydrogen-bond donors (Lipinski definition) is 0. The Morgan fingerprint density at radius 2 is 1.90 bits per heavy atom. The van der Waals surface area contributed by atoms with Gasteiger partial charge >= 0.3 is 0 Å². The van der Waals surface area contributed by atoms with Gasteiger partial charge in [0.1, 0.15) is 0 Å². The van der Waals surface area contributed by atoms with Crippen LogP contribution in [0.15, 0.2) is 59.5 Å². The molecule has 2 aromatic heterocycles. The number of benzene rings is 1. The van der Waals surface area contributed by atoms with E-state index < -0.39 is 0 Å². The molecule has 3 heterocycles. The first-order chi connectivity index (χ1) is 15.2. The lowest BCUT2D eigenvalue weighted by molar-refractivity contribution is -0.132. The van der Waals surface area contributed by atoms with E-state index in [2.05, 4.69) is 17.1 Å². The summed E-state index contributed by atoms with van der Waals surface area (Å²) in [5, 5.41) is 0. The quantitative estimate of drug-likeness (QED) is 0.561. The van der Waals surface area contributed by atoms with Crippen LogP contribution in [0.4, 0.5) is 0 Å².